The van der Waals surface area contributed by atoms with Crippen molar-refractivity contribution in [3.05, 3.63) is 52.3 Å². The molecule has 1 aromatic carbocycles. The van der Waals surface area contributed by atoms with Crippen LogP contribution >= 0.6 is 0 Å². The van der Waals surface area contributed by atoms with Gasteiger partial charge in [0.15, 0.2) is 0 Å². The highest BCUT2D eigenvalue weighted by Gasteiger charge is 2.18. The summed E-state index contributed by atoms with van der Waals surface area (Å²) in [5.74, 6) is -0.484. The molecule has 0 fully saturated rings. The van der Waals surface area contributed by atoms with E-state index in [1.807, 2.05) is 50.5 Å². The number of nitrogens with one attached hydrogen (secondary N) is 1. The predicted molar refractivity (Wildman–Crippen MR) is 94.4 cm³/mol. The lowest BCUT2D eigenvalue weighted by molar-refractivity contribution is -0.116. The molecule has 2 aromatic rings. The van der Waals surface area contributed by atoms with Crippen LogP contribution < -0.4 is 5.32 Å². The van der Waals surface area contributed by atoms with Crippen LogP contribution in [0.15, 0.2) is 24.3 Å². The summed E-state index contributed by atoms with van der Waals surface area (Å²) < 4.78 is 6.87. The fraction of sp³-hybridized carbons (Fsp3) is 0.368. The molecular formula is C19H24N2O3. The van der Waals surface area contributed by atoms with E-state index in [4.69, 9.17) is 4.74 Å². The third-order valence-electron chi connectivity index (χ3n) is 4.16. The Morgan fingerprint density at radius 3 is 2.42 bits per heavy atom. The number of anilines is 1. The Morgan fingerprint density at radius 2 is 1.79 bits per heavy atom. The van der Waals surface area contributed by atoms with E-state index >= 15 is 0 Å². The zero-order valence-electron chi connectivity index (χ0n) is 14.9. The number of rotatable bonds is 5. The Labute approximate surface area is 142 Å². The van der Waals surface area contributed by atoms with Crippen LogP contribution in [0.2, 0.25) is 0 Å². The maximum atomic E-state index is 12.3. The molecule has 0 aliphatic carbocycles. The minimum absolute atomic E-state index is 0.129. The lowest BCUT2D eigenvalue weighted by Gasteiger charge is -2.11. The predicted octanol–water partition coefficient (Wildman–Crippen LogP) is 3.54. The van der Waals surface area contributed by atoms with Gasteiger partial charge in [-0.05, 0) is 63.9 Å². The molecule has 0 aliphatic heterocycles. The number of hydrogen-bond acceptors (Lipinski definition) is 3. The molecule has 0 radical (unpaired) electrons. The van der Waals surface area contributed by atoms with Crippen LogP contribution in [0, 0.1) is 27.7 Å². The standard InChI is InChI=1S/C19H24N2O3/c1-6-24-19(23)17-10-14(4)21(15(17)5)11-18(22)20-16-8-7-12(2)13(3)9-16/h7-10H,6,11H2,1-5H3,(H,20,22). The van der Waals surface area contributed by atoms with Crippen molar-refractivity contribution in [1.29, 1.82) is 0 Å². The molecule has 1 amide bonds. The van der Waals surface area contributed by atoms with Gasteiger partial charge in [0.25, 0.3) is 0 Å². The van der Waals surface area contributed by atoms with Crippen molar-refractivity contribution in [3.8, 4) is 0 Å². The Balaban J connectivity index is 2.14. The van der Waals surface area contributed by atoms with E-state index in [0.29, 0.717) is 12.2 Å². The van der Waals surface area contributed by atoms with Crippen LogP contribution in [0.4, 0.5) is 5.69 Å². The topological polar surface area (TPSA) is 60.3 Å². The Kier molecular flexibility index (Phi) is 5.44. The first-order chi connectivity index (χ1) is 11.3. The molecule has 1 N–H and O–H groups in total. The number of hydrogen-bond donors (Lipinski definition) is 1. The number of carbonyl (C=O) groups excluding carboxylic acids is 2. The summed E-state index contributed by atoms with van der Waals surface area (Å²) >= 11 is 0. The highest BCUT2D eigenvalue weighted by molar-refractivity contribution is 5.93. The molecule has 0 spiro atoms. The van der Waals surface area contributed by atoms with E-state index in [1.165, 1.54) is 5.56 Å². The number of carbonyl (C=O) groups is 2. The van der Waals surface area contributed by atoms with E-state index in [9.17, 15) is 9.59 Å². The largest absolute Gasteiger partial charge is 0.462 e. The highest BCUT2D eigenvalue weighted by Crippen LogP contribution is 2.18. The molecule has 0 unspecified atom stereocenters. The summed E-state index contributed by atoms with van der Waals surface area (Å²) in [6.07, 6.45) is 0. The number of benzene rings is 1. The van der Waals surface area contributed by atoms with Crippen LogP contribution in [0.3, 0.4) is 0 Å². The van der Waals surface area contributed by atoms with Gasteiger partial charge in [0.2, 0.25) is 5.91 Å². The smallest absolute Gasteiger partial charge is 0.339 e. The summed E-state index contributed by atoms with van der Waals surface area (Å²) in [6.45, 7) is 10.00. The lowest BCUT2D eigenvalue weighted by Crippen LogP contribution is -2.20. The van der Waals surface area contributed by atoms with Gasteiger partial charge in [-0.3, -0.25) is 4.79 Å². The van der Waals surface area contributed by atoms with Gasteiger partial charge in [0.1, 0.15) is 6.54 Å². The summed E-state index contributed by atoms with van der Waals surface area (Å²) in [5.41, 5.74) is 5.19. The zero-order valence-corrected chi connectivity index (χ0v) is 14.9. The van der Waals surface area contributed by atoms with E-state index in [0.717, 1.165) is 22.6 Å². The molecular weight excluding hydrogens is 304 g/mol. The molecule has 128 valence electrons. The van der Waals surface area contributed by atoms with E-state index in [1.54, 1.807) is 13.0 Å². The Hall–Kier alpha value is -2.56. The number of aryl methyl sites for hydroxylation is 3. The summed E-state index contributed by atoms with van der Waals surface area (Å²) in [5, 5.41) is 2.90. The molecule has 5 nitrogen and oxygen atoms in total. The fourth-order valence-electron chi connectivity index (χ4n) is 2.62. The second-order valence-electron chi connectivity index (χ2n) is 5.94. The second kappa shape index (κ2) is 7.34. The summed E-state index contributed by atoms with van der Waals surface area (Å²) in [6, 6.07) is 7.58. The van der Waals surface area contributed by atoms with Gasteiger partial charge in [-0.25, -0.2) is 4.79 Å². The normalized spacial score (nSPS) is 10.5. The average Bonchev–Trinajstić information content (AvgIpc) is 2.79. The number of esters is 1. The monoisotopic (exact) mass is 328 g/mol. The van der Waals surface area contributed by atoms with Crippen molar-refractivity contribution in [2.45, 2.75) is 41.2 Å². The molecule has 0 saturated carbocycles. The third kappa shape index (κ3) is 3.85. The van der Waals surface area contributed by atoms with E-state index in [2.05, 4.69) is 5.32 Å². The van der Waals surface area contributed by atoms with Crippen molar-refractivity contribution in [1.82, 2.24) is 4.57 Å². The quantitative estimate of drug-likeness (QED) is 0.854. The van der Waals surface area contributed by atoms with Crippen LogP contribution in [0.5, 0.6) is 0 Å². The Morgan fingerprint density at radius 1 is 1.08 bits per heavy atom. The molecule has 0 bridgehead atoms. The van der Waals surface area contributed by atoms with Crippen LogP contribution in [-0.4, -0.2) is 23.1 Å². The molecule has 5 heteroatoms. The first kappa shape index (κ1) is 17.8. The molecule has 0 saturated heterocycles. The van der Waals surface area contributed by atoms with Gasteiger partial charge in [0.05, 0.1) is 12.2 Å². The van der Waals surface area contributed by atoms with Crippen molar-refractivity contribution in [2.24, 2.45) is 0 Å². The number of ether oxygens (including phenoxy) is 1. The molecule has 1 heterocycles. The molecule has 0 aliphatic rings. The van der Waals surface area contributed by atoms with Gasteiger partial charge >= 0.3 is 5.97 Å². The van der Waals surface area contributed by atoms with Crippen molar-refractivity contribution < 1.29 is 14.3 Å². The minimum atomic E-state index is -0.355. The minimum Gasteiger partial charge on any atom is -0.462 e. The zero-order chi connectivity index (χ0) is 17.9. The fourth-order valence-corrected chi connectivity index (χ4v) is 2.62. The van der Waals surface area contributed by atoms with Crippen molar-refractivity contribution in [2.75, 3.05) is 11.9 Å². The number of nitrogens with zero attached hydrogens (tertiary/aromatic N) is 1. The van der Waals surface area contributed by atoms with Gasteiger partial charge in [0, 0.05) is 17.1 Å². The molecule has 0 atom stereocenters. The van der Waals surface area contributed by atoms with E-state index < -0.39 is 0 Å². The SMILES string of the molecule is CCOC(=O)c1cc(C)n(CC(=O)Nc2ccc(C)c(C)c2)c1C. The third-order valence-corrected chi connectivity index (χ3v) is 4.16. The maximum Gasteiger partial charge on any atom is 0.339 e. The molecule has 2 rings (SSSR count). The molecule has 24 heavy (non-hydrogen) atoms. The van der Waals surface area contributed by atoms with Crippen molar-refractivity contribution >= 4 is 17.6 Å². The maximum absolute atomic E-state index is 12.3. The lowest BCUT2D eigenvalue weighted by atomic mass is 10.1. The van der Waals surface area contributed by atoms with Gasteiger partial charge in [-0.1, -0.05) is 6.07 Å². The first-order valence-electron chi connectivity index (χ1n) is 8.04. The van der Waals surface area contributed by atoms with E-state index in [-0.39, 0.29) is 18.4 Å². The van der Waals surface area contributed by atoms with Gasteiger partial charge < -0.3 is 14.6 Å². The van der Waals surface area contributed by atoms with Crippen LogP contribution in [0.1, 0.15) is 39.8 Å². The Bertz CT molecular complexity index is 775. The second-order valence-corrected chi connectivity index (χ2v) is 5.94. The van der Waals surface area contributed by atoms with Gasteiger partial charge in [-0.2, -0.15) is 0 Å². The number of amides is 1. The van der Waals surface area contributed by atoms with Crippen LogP contribution in [-0.2, 0) is 16.1 Å². The molecule has 1 aromatic heterocycles. The number of aromatic nitrogens is 1. The van der Waals surface area contributed by atoms with Crippen LogP contribution in [0.25, 0.3) is 0 Å². The summed E-state index contributed by atoms with van der Waals surface area (Å²) in [4.78, 5) is 24.3. The van der Waals surface area contributed by atoms with Crippen molar-refractivity contribution in [3.63, 3.8) is 0 Å². The highest BCUT2D eigenvalue weighted by atomic mass is 16.5. The summed E-state index contributed by atoms with van der Waals surface area (Å²) in [7, 11) is 0. The average molecular weight is 328 g/mol. The first-order valence-corrected chi connectivity index (χ1v) is 8.04. The van der Waals surface area contributed by atoms with Gasteiger partial charge in [-0.15, -0.1) is 0 Å².